The van der Waals surface area contributed by atoms with E-state index >= 15 is 0 Å². The van der Waals surface area contributed by atoms with Crippen LogP contribution in [0.3, 0.4) is 0 Å². The highest BCUT2D eigenvalue weighted by atomic mass is 14.8. The maximum absolute atomic E-state index is 4.79. The number of rotatable bonds is 2. The molecule has 2 nitrogen and oxygen atoms in total. The van der Waals surface area contributed by atoms with Gasteiger partial charge in [0.2, 0.25) is 0 Å². The van der Waals surface area contributed by atoms with Crippen LogP contribution in [0.2, 0.25) is 0 Å². The van der Waals surface area contributed by atoms with Gasteiger partial charge in [-0.25, -0.2) is 9.97 Å². The Bertz CT molecular complexity index is 826. The van der Waals surface area contributed by atoms with Crippen molar-refractivity contribution in [2.45, 2.75) is 46.5 Å². The second kappa shape index (κ2) is 5.05. The normalized spacial score (nSPS) is 13.0. The van der Waals surface area contributed by atoms with E-state index in [1.165, 1.54) is 5.56 Å². The van der Waals surface area contributed by atoms with E-state index in [0.717, 1.165) is 28.5 Å². The van der Waals surface area contributed by atoms with E-state index in [2.05, 4.69) is 52.8 Å². The molecule has 114 valence electrons. The predicted molar refractivity (Wildman–Crippen MR) is 94.1 cm³/mol. The summed E-state index contributed by atoms with van der Waals surface area (Å²) < 4.78 is 0. The van der Waals surface area contributed by atoms with E-state index in [9.17, 15) is 0 Å². The van der Waals surface area contributed by atoms with Crippen molar-refractivity contribution in [1.82, 2.24) is 9.97 Å². The predicted octanol–water partition coefficient (Wildman–Crippen LogP) is 5.50. The lowest BCUT2D eigenvalue weighted by atomic mass is 9.72. The van der Waals surface area contributed by atoms with E-state index in [1.54, 1.807) is 0 Å². The maximum Gasteiger partial charge on any atom is 0.0897 e. The van der Waals surface area contributed by atoms with Gasteiger partial charge < -0.3 is 0 Å². The van der Waals surface area contributed by atoms with E-state index in [4.69, 9.17) is 9.97 Å². The summed E-state index contributed by atoms with van der Waals surface area (Å²) in [7, 11) is 0. The topological polar surface area (TPSA) is 25.8 Å². The first-order chi connectivity index (χ1) is 10.2. The molecule has 0 aliphatic heterocycles. The van der Waals surface area contributed by atoms with Gasteiger partial charge in [-0.1, -0.05) is 52.8 Å². The van der Waals surface area contributed by atoms with Crippen LogP contribution >= 0.6 is 0 Å². The molecule has 1 heterocycles. The Morgan fingerprint density at radius 2 is 1.27 bits per heavy atom. The van der Waals surface area contributed by atoms with Gasteiger partial charge in [-0.2, -0.15) is 0 Å². The molecule has 0 radical (unpaired) electrons. The van der Waals surface area contributed by atoms with Crippen molar-refractivity contribution in [2.24, 2.45) is 5.41 Å². The molecule has 3 aromatic rings. The van der Waals surface area contributed by atoms with Crippen LogP contribution in [0.5, 0.6) is 0 Å². The van der Waals surface area contributed by atoms with Crippen LogP contribution in [0, 0.1) is 5.41 Å². The molecule has 0 atom stereocenters. The van der Waals surface area contributed by atoms with Gasteiger partial charge in [-0.15, -0.1) is 0 Å². The molecular formula is C20H24N2. The third-order valence-corrected chi connectivity index (χ3v) is 4.09. The standard InChI is InChI=1S/C20H24N2/c1-19(2,3)13-20(4,5)14-10-11-17-18(12-14)22-16-9-7-6-8-15(16)21-17/h6-12H,13H2,1-5H3. The molecule has 0 bridgehead atoms. The number of benzene rings is 2. The zero-order chi connectivity index (χ0) is 16.0. The minimum absolute atomic E-state index is 0.125. The lowest BCUT2D eigenvalue weighted by Gasteiger charge is -2.33. The molecular weight excluding hydrogens is 268 g/mol. The summed E-state index contributed by atoms with van der Waals surface area (Å²) in [4.78, 5) is 9.50. The maximum atomic E-state index is 4.79. The highest BCUT2D eigenvalue weighted by molar-refractivity contribution is 5.86. The zero-order valence-electron chi connectivity index (χ0n) is 14.1. The molecule has 3 rings (SSSR count). The molecule has 22 heavy (non-hydrogen) atoms. The summed E-state index contributed by atoms with van der Waals surface area (Å²) in [6.07, 6.45) is 1.13. The molecule has 0 aliphatic carbocycles. The van der Waals surface area contributed by atoms with E-state index in [1.807, 2.05) is 24.3 Å². The first-order valence-corrected chi connectivity index (χ1v) is 7.92. The summed E-state index contributed by atoms with van der Waals surface area (Å²) in [5, 5.41) is 0. The summed E-state index contributed by atoms with van der Waals surface area (Å²) in [5.41, 5.74) is 5.62. The second-order valence-electron chi connectivity index (χ2n) is 8.04. The smallest absolute Gasteiger partial charge is 0.0897 e. The number of hydrogen-bond donors (Lipinski definition) is 0. The van der Waals surface area contributed by atoms with Crippen molar-refractivity contribution >= 4 is 22.1 Å². The van der Waals surface area contributed by atoms with Gasteiger partial charge in [0.25, 0.3) is 0 Å². The Balaban J connectivity index is 2.11. The Labute approximate surface area is 132 Å². The number of fused-ring (bicyclic) bond motifs is 2. The molecule has 0 fully saturated rings. The Hall–Kier alpha value is -1.96. The highest BCUT2D eigenvalue weighted by Crippen LogP contribution is 2.37. The molecule has 0 spiro atoms. The lowest BCUT2D eigenvalue weighted by Crippen LogP contribution is -2.24. The number of nitrogens with zero attached hydrogens (tertiary/aromatic N) is 2. The molecule has 0 saturated heterocycles. The largest absolute Gasteiger partial charge is 0.245 e. The number of para-hydroxylation sites is 2. The fourth-order valence-electron chi connectivity index (χ4n) is 3.47. The highest BCUT2D eigenvalue weighted by Gasteiger charge is 2.27. The van der Waals surface area contributed by atoms with Crippen LogP contribution in [0.4, 0.5) is 0 Å². The van der Waals surface area contributed by atoms with E-state index < -0.39 is 0 Å². The van der Waals surface area contributed by atoms with Crippen LogP contribution in [0.15, 0.2) is 42.5 Å². The molecule has 0 unspecified atom stereocenters. The number of hydrogen-bond acceptors (Lipinski definition) is 2. The zero-order valence-corrected chi connectivity index (χ0v) is 14.1. The summed E-state index contributed by atoms with van der Waals surface area (Å²) in [6, 6.07) is 14.6. The Kier molecular flexibility index (Phi) is 3.43. The van der Waals surface area contributed by atoms with Crippen molar-refractivity contribution in [2.75, 3.05) is 0 Å². The van der Waals surface area contributed by atoms with Crippen LogP contribution < -0.4 is 0 Å². The average Bonchev–Trinajstić information content (AvgIpc) is 2.42. The molecule has 2 aromatic carbocycles. The number of aromatic nitrogens is 2. The van der Waals surface area contributed by atoms with Gasteiger partial charge in [-0.3, -0.25) is 0 Å². The van der Waals surface area contributed by atoms with Crippen LogP contribution in [-0.4, -0.2) is 9.97 Å². The van der Waals surface area contributed by atoms with E-state index in [0.29, 0.717) is 5.41 Å². The van der Waals surface area contributed by atoms with Crippen molar-refractivity contribution in [3.63, 3.8) is 0 Å². The molecule has 0 aliphatic rings. The van der Waals surface area contributed by atoms with Crippen LogP contribution in [0.25, 0.3) is 22.1 Å². The quantitative estimate of drug-likeness (QED) is 0.583. The summed E-state index contributed by atoms with van der Waals surface area (Å²) in [5.74, 6) is 0. The van der Waals surface area contributed by atoms with Crippen LogP contribution in [-0.2, 0) is 5.41 Å². The van der Waals surface area contributed by atoms with Gasteiger partial charge >= 0.3 is 0 Å². The van der Waals surface area contributed by atoms with E-state index in [-0.39, 0.29) is 5.41 Å². The van der Waals surface area contributed by atoms with Gasteiger partial charge in [0.05, 0.1) is 22.1 Å². The molecule has 0 amide bonds. The fraction of sp³-hybridized carbons (Fsp3) is 0.400. The first kappa shape index (κ1) is 15.0. The van der Waals surface area contributed by atoms with Crippen molar-refractivity contribution in [1.29, 1.82) is 0 Å². The monoisotopic (exact) mass is 292 g/mol. The van der Waals surface area contributed by atoms with Crippen molar-refractivity contribution in [3.05, 3.63) is 48.0 Å². The van der Waals surface area contributed by atoms with Gasteiger partial charge in [0.1, 0.15) is 0 Å². The summed E-state index contributed by atoms with van der Waals surface area (Å²) >= 11 is 0. The van der Waals surface area contributed by atoms with Crippen LogP contribution in [0.1, 0.15) is 46.6 Å². The second-order valence-corrected chi connectivity index (χ2v) is 8.04. The minimum atomic E-state index is 0.125. The van der Waals surface area contributed by atoms with Gasteiger partial charge in [-0.05, 0) is 47.1 Å². The van der Waals surface area contributed by atoms with Crippen molar-refractivity contribution in [3.8, 4) is 0 Å². The Morgan fingerprint density at radius 3 is 1.86 bits per heavy atom. The average molecular weight is 292 g/mol. The SMILES string of the molecule is CC(C)(C)CC(C)(C)c1ccc2nc3ccccc3nc2c1. The summed E-state index contributed by atoms with van der Waals surface area (Å²) in [6.45, 7) is 11.5. The van der Waals surface area contributed by atoms with Crippen molar-refractivity contribution < 1.29 is 0 Å². The molecule has 2 heteroatoms. The Morgan fingerprint density at radius 1 is 0.727 bits per heavy atom. The molecule has 1 aromatic heterocycles. The minimum Gasteiger partial charge on any atom is -0.245 e. The first-order valence-electron chi connectivity index (χ1n) is 7.92. The fourth-order valence-corrected chi connectivity index (χ4v) is 3.47. The third kappa shape index (κ3) is 2.96. The van der Waals surface area contributed by atoms with Gasteiger partial charge in [0, 0.05) is 0 Å². The van der Waals surface area contributed by atoms with Gasteiger partial charge in [0.15, 0.2) is 0 Å². The molecule has 0 saturated carbocycles. The third-order valence-electron chi connectivity index (χ3n) is 4.09. The lowest BCUT2D eigenvalue weighted by molar-refractivity contribution is 0.284. The molecule has 0 N–H and O–H groups in total.